The number of halogens is 3. The van der Waals surface area contributed by atoms with Crippen LogP contribution in [-0.4, -0.2) is 0 Å². The lowest BCUT2D eigenvalue weighted by Gasteiger charge is -2.29. The van der Waals surface area contributed by atoms with Gasteiger partial charge in [-0.1, -0.05) is 48.5 Å². The number of allylic oxidation sites excluding steroid dienone is 1. The van der Waals surface area contributed by atoms with Gasteiger partial charge in [-0.3, -0.25) is 0 Å². The first-order valence-corrected chi connectivity index (χ1v) is 13.9. The van der Waals surface area contributed by atoms with E-state index < -0.39 is 11.7 Å². The molecular formula is C36H29F3N2+2. The van der Waals surface area contributed by atoms with Crippen LogP contribution in [0.1, 0.15) is 40.6 Å². The molecule has 202 valence electrons. The molecule has 3 aromatic carbocycles. The Hall–Kier alpha value is -4.51. The first-order valence-electron chi connectivity index (χ1n) is 13.9. The lowest BCUT2D eigenvalue weighted by Crippen LogP contribution is -2.53. The third-order valence-corrected chi connectivity index (χ3v) is 8.68. The number of nitrogens with zero attached hydrogens (tertiary/aromatic N) is 2. The Morgan fingerprint density at radius 1 is 0.805 bits per heavy atom. The van der Waals surface area contributed by atoms with E-state index in [9.17, 15) is 13.2 Å². The summed E-state index contributed by atoms with van der Waals surface area (Å²) in [7, 11) is 0. The van der Waals surface area contributed by atoms with E-state index in [-0.39, 0.29) is 12.0 Å². The first kappa shape index (κ1) is 25.5. The van der Waals surface area contributed by atoms with Crippen LogP contribution in [0.3, 0.4) is 0 Å². The first-order chi connectivity index (χ1) is 19.8. The van der Waals surface area contributed by atoms with Crippen molar-refractivity contribution in [2.45, 2.75) is 37.9 Å². The molecule has 7 rings (SSSR count). The van der Waals surface area contributed by atoms with Gasteiger partial charge in [0.05, 0.1) is 22.6 Å². The summed E-state index contributed by atoms with van der Waals surface area (Å²) in [5, 5.41) is 0. The molecule has 2 atom stereocenters. The minimum Gasteiger partial charge on any atom is -0.184 e. The van der Waals surface area contributed by atoms with Gasteiger partial charge < -0.3 is 0 Å². The summed E-state index contributed by atoms with van der Waals surface area (Å²) in [4.78, 5) is 0. The van der Waals surface area contributed by atoms with E-state index in [4.69, 9.17) is 6.58 Å². The molecule has 41 heavy (non-hydrogen) atoms. The molecule has 2 aliphatic heterocycles. The molecule has 5 aromatic rings. The van der Waals surface area contributed by atoms with E-state index in [1.165, 1.54) is 17.7 Å². The van der Waals surface area contributed by atoms with Crippen LogP contribution in [0.25, 0.3) is 39.3 Å². The highest BCUT2D eigenvalue weighted by Crippen LogP contribution is 2.46. The van der Waals surface area contributed by atoms with Crippen molar-refractivity contribution in [3.8, 4) is 33.6 Å². The minimum atomic E-state index is -4.42. The normalized spacial score (nSPS) is 17.6. The summed E-state index contributed by atoms with van der Waals surface area (Å²) < 4.78 is 46.4. The van der Waals surface area contributed by atoms with Gasteiger partial charge in [-0.15, -0.1) is 0 Å². The van der Waals surface area contributed by atoms with Crippen LogP contribution in [0.5, 0.6) is 0 Å². The summed E-state index contributed by atoms with van der Waals surface area (Å²) in [5.74, 6) is 0.0286. The van der Waals surface area contributed by atoms with Crippen LogP contribution in [0.15, 0.2) is 116 Å². The highest BCUT2D eigenvalue weighted by Gasteiger charge is 2.47. The van der Waals surface area contributed by atoms with E-state index in [1.807, 2.05) is 42.6 Å². The summed E-state index contributed by atoms with van der Waals surface area (Å²) in [6, 6.07) is 30.9. The number of benzene rings is 3. The summed E-state index contributed by atoms with van der Waals surface area (Å²) in [5.41, 5.74) is 9.22. The quantitative estimate of drug-likeness (QED) is 0.187. The van der Waals surface area contributed by atoms with Crippen LogP contribution in [0.4, 0.5) is 13.2 Å². The maximum Gasteiger partial charge on any atom is 0.416 e. The predicted octanol–water partition coefficient (Wildman–Crippen LogP) is 8.35. The third-order valence-electron chi connectivity index (χ3n) is 8.68. The fourth-order valence-electron chi connectivity index (χ4n) is 6.84. The zero-order chi connectivity index (χ0) is 28.3. The molecule has 0 spiro atoms. The molecule has 0 saturated heterocycles. The maximum absolute atomic E-state index is 14.0. The molecule has 0 N–H and O–H groups in total. The SMILES string of the molecule is C=C1C2C(CCc3cc(C(F)(F)F)ccc3-c3c(-c4ccccc4)c(C)cc[n+]31)c1ccccc1-c1cccc[n+]12. The average molecular weight is 547 g/mol. The monoisotopic (exact) mass is 546 g/mol. The summed E-state index contributed by atoms with van der Waals surface area (Å²) >= 11 is 0. The minimum absolute atomic E-state index is 0.0286. The van der Waals surface area contributed by atoms with E-state index in [0.717, 1.165) is 44.9 Å². The second kappa shape index (κ2) is 9.55. The van der Waals surface area contributed by atoms with E-state index in [2.05, 4.69) is 64.7 Å². The average Bonchev–Trinajstić information content (AvgIpc) is 3.03. The Balaban J connectivity index is 1.56. The van der Waals surface area contributed by atoms with Crippen molar-refractivity contribution in [2.75, 3.05) is 0 Å². The molecule has 2 unspecified atom stereocenters. The van der Waals surface area contributed by atoms with Crippen molar-refractivity contribution in [3.05, 3.63) is 138 Å². The largest absolute Gasteiger partial charge is 0.416 e. The topological polar surface area (TPSA) is 7.76 Å². The molecule has 0 aliphatic carbocycles. The number of aromatic nitrogens is 2. The Morgan fingerprint density at radius 3 is 2.37 bits per heavy atom. The Labute approximate surface area is 237 Å². The van der Waals surface area contributed by atoms with Crippen LogP contribution >= 0.6 is 0 Å². The van der Waals surface area contributed by atoms with E-state index in [1.54, 1.807) is 6.07 Å². The molecule has 0 saturated carbocycles. The van der Waals surface area contributed by atoms with Crippen LogP contribution in [0.2, 0.25) is 0 Å². The second-order valence-electron chi connectivity index (χ2n) is 11.0. The molecule has 0 radical (unpaired) electrons. The molecule has 5 heteroatoms. The van der Waals surface area contributed by atoms with Gasteiger partial charge in [0.15, 0.2) is 12.4 Å². The maximum atomic E-state index is 14.0. The summed E-state index contributed by atoms with van der Waals surface area (Å²) in [6.07, 6.45) is 0.911. The molecule has 2 aromatic heterocycles. The van der Waals surface area contributed by atoms with E-state index >= 15 is 0 Å². The lowest BCUT2D eigenvalue weighted by atomic mass is 9.78. The van der Waals surface area contributed by atoms with Crippen LogP contribution in [-0.2, 0) is 12.6 Å². The number of alkyl halides is 3. The number of pyridine rings is 2. The molecule has 0 fully saturated rings. The van der Waals surface area contributed by atoms with Crippen molar-refractivity contribution in [1.82, 2.24) is 0 Å². The Kier molecular flexibility index (Phi) is 5.93. The fourth-order valence-corrected chi connectivity index (χ4v) is 6.84. The van der Waals surface area contributed by atoms with Crippen LogP contribution in [0, 0.1) is 6.92 Å². The van der Waals surface area contributed by atoms with Crippen molar-refractivity contribution < 1.29 is 22.3 Å². The zero-order valence-corrected chi connectivity index (χ0v) is 22.7. The number of hydrogen-bond acceptors (Lipinski definition) is 0. The van der Waals surface area contributed by atoms with Crippen molar-refractivity contribution in [3.63, 3.8) is 0 Å². The van der Waals surface area contributed by atoms with Crippen molar-refractivity contribution in [2.24, 2.45) is 0 Å². The smallest absolute Gasteiger partial charge is 0.184 e. The van der Waals surface area contributed by atoms with Gasteiger partial charge >= 0.3 is 6.18 Å². The second-order valence-corrected chi connectivity index (χ2v) is 11.0. The zero-order valence-electron chi connectivity index (χ0n) is 22.7. The standard InChI is InChI=1S/C36H29F3N2/c1-23-19-21-40-24(2)34-31(29-12-6-7-13-30(29)32-14-8-9-20-41(32)34)17-15-26-22-27(36(37,38)39)16-18-28(26)35(40)33(23)25-10-4-3-5-11-25/h3-14,16,18-22,31,34H,2,15,17H2,1H3/q+2. The van der Waals surface area contributed by atoms with Crippen molar-refractivity contribution >= 4 is 5.70 Å². The molecule has 4 heterocycles. The number of fused-ring (bicyclic) bond motifs is 9. The fraction of sp³-hybridized carbons (Fsp3) is 0.167. The summed E-state index contributed by atoms with van der Waals surface area (Å²) in [6.45, 7) is 6.77. The number of aryl methyl sites for hydroxylation is 2. The van der Waals surface area contributed by atoms with Gasteiger partial charge in [0.1, 0.15) is 0 Å². The molecule has 2 nitrogen and oxygen atoms in total. The Bertz CT molecular complexity index is 1820. The predicted molar refractivity (Wildman–Crippen MR) is 155 cm³/mol. The molecular weight excluding hydrogens is 517 g/mol. The number of hydrogen-bond donors (Lipinski definition) is 0. The van der Waals surface area contributed by atoms with E-state index in [0.29, 0.717) is 18.4 Å². The van der Waals surface area contributed by atoms with Gasteiger partial charge in [0, 0.05) is 23.8 Å². The van der Waals surface area contributed by atoms with Gasteiger partial charge in [-0.25, -0.2) is 0 Å². The molecule has 2 aliphatic rings. The molecule has 0 amide bonds. The molecule has 0 bridgehead atoms. The van der Waals surface area contributed by atoms with Gasteiger partial charge in [-0.2, -0.15) is 22.3 Å². The lowest BCUT2D eigenvalue weighted by molar-refractivity contribution is -0.727. The van der Waals surface area contributed by atoms with Crippen LogP contribution < -0.4 is 9.13 Å². The number of rotatable bonds is 1. The van der Waals surface area contributed by atoms with Gasteiger partial charge in [0.2, 0.25) is 23.1 Å². The van der Waals surface area contributed by atoms with Gasteiger partial charge in [0.25, 0.3) is 0 Å². The third kappa shape index (κ3) is 4.10. The van der Waals surface area contributed by atoms with Crippen molar-refractivity contribution in [1.29, 1.82) is 0 Å². The highest BCUT2D eigenvalue weighted by molar-refractivity contribution is 5.83. The van der Waals surface area contributed by atoms with Gasteiger partial charge in [-0.05, 0) is 78.9 Å². The Morgan fingerprint density at radius 2 is 1.56 bits per heavy atom. The highest BCUT2D eigenvalue weighted by atomic mass is 19.4.